The molecule has 1 unspecified atom stereocenters. The summed E-state index contributed by atoms with van der Waals surface area (Å²) in [6.07, 6.45) is -1.53. The zero-order valence-electron chi connectivity index (χ0n) is 11.3. The molecule has 0 spiro atoms. The first-order valence-corrected chi connectivity index (χ1v) is 5.83. The number of carbonyl (C=O) groups is 1. The Morgan fingerprint density at radius 3 is 2.50 bits per heavy atom. The van der Waals surface area contributed by atoms with Crippen LogP contribution in [0.1, 0.15) is 38.1 Å². The third-order valence-electron chi connectivity index (χ3n) is 2.30. The van der Waals surface area contributed by atoms with Crippen molar-refractivity contribution in [1.82, 2.24) is 0 Å². The summed E-state index contributed by atoms with van der Waals surface area (Å²) in [6, 6.07) is 6.94. The first kappa shape index (κ1) is 14.4. The van der Waals surface area contributed by atoms with Gasteiger partial charge in [-0.1, -0.05) is 36.4 Å². The van der Waals surface area contributed by atoms with E-state index >= 15 is 0 Å². The summed E-state index contributed by atoms with van der Waals surface area (Å²) in [4.78, 5) is 11.7. The number of hydrogen-bond acceptors (Lipinski definition) is 2. The zero-order valence-corrected chi connectivity index (χ0v) is 11.3. The van der Waals surface area contributed by atoms with E-state index in [0.717, 1.165) is 5.56 Å². The smallest absolute Gasteiger partial charge is 0.337 e. The van der Waals surface area contributed by atoms with Crippen LogP contribution in [0.2, 0.25) is 0 Å². The highest BCUT2D eigenvalue weighted by Gasteiger charge is 2.25. The van der Waals surface area contributed by atoms with Gasteiger partial charge in [-0.15, -0.1) is 0 Å². The van der Waals surface area contributed by atoms with E-state index in [1.807, 2.05) is 13.0 Å². The van der Waals surface area contributed by atoms with Gasteiger partial charge < -0.3 is 4.74 Å². The average molecular weight is 250 g/mol. The van der Waals surface area contributed by atoms with Crippen LogP contribution in [-0.4, -0.2) is 11.6 Å². The third kappa shape index (κ3) is 3.99. The highest BCUT2D eigenvalue weighted by Crippen LogP contribution is 2.27. The van der Waals surface area contributed by atoms with Crippen LogP contribution in [0.15, 0.2) is 36.4 Å². The third-order valence-corrected chi connectivity index (χ3v) is 2.30. The van der Waals surface area contributed by atoms with Crippen LogP contribution in [0.25, 0.3) is 0 Å². The summed E-state index contributed by atoms with van der Waals surface area (Å²) >= 11 is 0. The quantitative estimate of drug-likeness (QED) is 0.600. The molecule has 2 nitrogen and oxygen atoms in total. The van der Waals surface area contributed by atoms with Gasteiger partial charge in [0.15, 0.2) is 6.17 Å². The number of rotatable bonds is 3. The highest BCUT2D eigenvalue weighted by atomic mass is 19.1. The molecule has 1 rings (SSSR count). The van der Waals surface area contributed by atoms with Crippen molar-refractivity contribution in [3.63, 3.8) is 0 Å². The monoisotopic (exact) mass is 250 g/mol. The van der Waals surface area contributed by atoms with Gasteiger partial charge >= 0.3 is 5.97 Å². The first-order valence-electron chi connectivity index (χ1n) is 5.83. The molecule has 0 saturated heterocycles. The van der Waals surface area contributed by atoms with E-state index in [0.29, 0.717) is 5.56 Å². The Hall–Kier alpha value is -1.64. The summed E-state index contributed by atoms with van der Waals surface area (Å²) in [5, 5.41) is 0. The van der Waals surface area contributed by atoms with E-state index in [2.05, 4.69) is 6.58 Å². The lowest BCUT2D eigenvalue weighted by Crippen LogP contribution is -2.25. The lowest BCUT2D eigenvalue weighted by Gasteiger charge is -2.21. The van der Waals surface area contributed by atoms with E-state index in [1.54, 1.807) is 39.0 Å². The summed E-state index contributed by atoms with van der Waals surface area (Å²) in [6.45, 7) is 10.6. The molecule has 0 heterocycles. The predicted octanol–water partition coefficient (Wildman–Crippen LogP) is 3.90. The van der Waals surface area contributed by atoms with Crippen LogP contribution < -0.4 is 0 Å². The van der Waals surface area contributed by atoms with Crippen molar-refractivity contribution >= 4 is 5.97 Å². The van der Waals surface area contributed by atoms with E-state index in [-0.39, 0.29) is 5.57 Å². The van der Waals surface area contributed by atoms with Crippen molar-refractivity contribution in [2.45, 2.75) is 39.5 Å². The van der Waals surface area contributed by atoms with E-state index in [1.165, 1.54) is 0 Å². The minimum Gasteiger partial charge on any atom is -0.457 e. The van der Waals surface area contributed by atoms with Gasteiger partial charge in [0.05, 0.1) is 5.57 Å². The minimum atomic E-state index is -1.53. The van der Waals surface area contributed by atoms with Crippen molar-refractivity contribution in [3.8, 4) is 0 Å². The fraction of sp³-hybridized carbons (Fsp3) is 0.400. The Morgan fingerprint density at radius 1 is 1.39 bits per heavy atom. The number of benzene rings is 1. The number of esters is 1. The second-order valence-corrected chi connectivity index (χ2v) is 5.30. The van der Waals surface area contributed by atoms with E-state index in [9.17, 15) is 9.18 Å². The maximum absolute atomic E-state index is 14.1. The fourth-order valence-corrected chi connectivity index (χ4v) is 1.48. The van der Waals surface area contributed by atoms with Crippen molar-refractivity contribution in [3.05, 3.63) is 47.5 Å². The van der Waals surface area contributed by atoms with Crippen molar-refractivity contribution < 1.29 is 13.9 Å². The van der Waals surface area contributed by atoms with Gasteiger partial charge in [0.2, 0.25) is 0 Å². The molecule has 0 radical (unpaired) electrons. The number of hydrogen-bond donors (Lipinski definition) is 0. The van der Waals surface area contributed by atoms with Crippen LogP contribution >= 0.6 is 0 Å². The fourth-order valence-electron chi connectivity index (χ4n) is 1.48. The molecule has 0 aromatic heterocycles. The molecule has 1 aromatic rings. The molecule has 0 bridgehead atoms. The lowest BCUT2D eigenvalue weighted by atomic mass is 10.0. The molecule has 0 aliphatic carbocycles. The van der Waals surface area contributed by atoms with Crippen LogP contribution in [0.4, 0.5) is 4.39 Å². The lowest BCUT2D eigenvalue weighted by molar-refractivity contribution is -0.150. The van der Waals surface area contributed by atoms with Crippen molar-refractivity contribution in [1.29, 1.82) is 0 Å². The number of aryl methyl sites for hydroxylation is 1. The van der Waals surface area contributed by atoms with Crippen LogP contribution in [0.3, 0.4) is 0 Å². The second kappa shape index (κ2) is 5.34. The van der Waals surface area contributed by atoms with Gasteiger partial charge in [-0.3, -0.25) is 0 Å². The molecule has 3 heteroatoms. The van der Waals surface area contributed by atoms with Gasteiger partial charge in [-0.2, -0.15) is 0 Å². The van der Waals surface area contributed by atoms with Crippen molar-refractivity contribution in [2.75, 3.05) is 0 Å². The van der Waals surface area contributed by atoms with Gasteiger partial charge in [-0.05, 0) is 33.3 Å². The Labute approximate surface area is 107 Å². The van der Waals surface area contributed by atoms with Gasteiger partial charge in [-0.25, -0.2) is 9.18 Å². The zero-order chi connectivity index (χ0) is 13.9. The topological polar surface area (TPSA) is 26.3 Å². The average Bonchev–Trinajstić information content (AvgIpc) is 2.24. The Morgan fingerprint density at radius 2 is 2.00 bits per heavy atom. The van der Waals surface area contributed by atoms with Crippen LogP contribution in [-0.2, 0) is 9.53 Å². The molecular weight excluding hydrogens is 231 g/mol. The SMILES string of the molecule is C=C(C(=O)OC(C)(C)C)C(F)c1cccc(C)c1. The molecule has 0 aliphatic heterocycles. The largest absolute Gasteiger partial charge is 0.457 e. The predicted molar refractivity (Wildman–Crippen MR) is 70.0 cm³/mol. The van der Waals surface area contributed by atoms with E-state index in [4.69, 9.17) is 4.74 Å². The Balaban J connectivity index is 2.81. The summed E-state index contributed by atoms with van der Waals surface area (Å²) in [5.41, 5.74) is 0.542. The molecule has 18 heavy (non-hydrogen) atoms. The Kier molecular flexibility index (Phi) is 4.28. The number of carbonyl (C=O) groups excluding carboxylic acids is 1. The van der Waals surface area contributed by atoms with Crippen LogP contribution in [0.5, 0.6) is 0 Å². The van der Waals surface area contributed by atoms with Gasteiger partial charge in [0.1, 0.15) is 5.60 Å². The standard InChI is InChI=1S/C15H19FO2/c1-10-7-6-8-12(9-10)13(16)11(2)14(17)18-15(3,4)5/h6-9,13H,2H2,1,3-5H3. The molecule has 98 valence electrons. The molecule has 0 saturated carbocycles. The second-order valence-electron chi connectivity index (χ2n) is 5.30. The number of alkyl halides is 1. The van der Waals surface area contributed by atoms with Crippen LogP contribution in [0, 0.1) is 6.92 Å². The molecule has 0 fully saturated rings. The summed E-state index contributed by atoms with van der Waals surface area (Å²) in [7, 11) is 0. The molecule has 0 N–H and O–H groups in total. The summed E-state index contributed by atoms with van der Waals surface area (Å²) < 4.78 is 19.2. The first-order chi connectivity index (χ1) is 8.20. The van der Waals surface area contributed by atoms with Crippen molar-refractivity contribution in [2.24, 2.45) is 0 Å². The van der Waals surface area contributed by atoms with Gasteiger partial charge in [0, 0.05) is 0 Å². The molecule has 1 aromatic carbocycles. The molecule has 1 atom stereocenters. The molecular formula is C15H19FO2. The molecule has 0 aliphatic rings. The number of ether oxygens (including phenoxy) is 1. The maximum atomic E-state index is 14.1. The highest BCUT2D eigenvalue weighted by molar-refractivity contribution is 5.89. The maximum Gasteiger partial charge on any atom is 0.337 e. The van der Waals surface area contributed by atoms with Gasteiger partial charge in [0.25, 0.3) is 0 Å². The number of halogens is 1. The summed E-state index contributed by atoms with van der Waals surface area (Å²) in [5.74, 6) is -0.698. The molecule has 0 amide bonds. The normalized spacial score (nSPS) is 12.9. The minimum absolute atomic E-state index is 0.171. The van der Waals surface area contributed by atoms with E-state index < -0.39 is 17.7 Å². The Bertz CT molecular complexity index is 458.